The lowest BCUT2D eigenvalue weighted by molar-refractivity contribution is -0.141. The summed E-state index contributed by atoms with van der Waals surface area (Å²) in [6.07, 6.45) is 3.46. The highest BCUT2D eigenvalue weighted by Crippen LogP contribution is 2.01. The van der Waals surface area contributed by atoms with Gasteiger partial charge in [-0.05, 0) is 19.9 Å². The van der Waals surface area contributed by atoms with Crippen LogP contribution >= 0.6 is 0 Å². The zero-order valence-corrected chi connectivity index (χ0v) is 10.5. The van der Waals surface area contributed by atoms with Gasteiger partial charge >= 0.3 is 12.0 Å². The first-order chi connectivity index (χ1) is 8.50. The smallest absolute Gasteiger partial charge is 0.315 e. The first-order valence-electron chi connectivity index (χ1n) is 5.75. The summed E-state index contributed by atoms with van der Waals surface area (Å²) in [5, 5.41) is 18.0. The van der Waals surface area contributed by atoms with E-state index in [0.717, 1.165) is 0 Å². The van der Waals surface area contributed by atoms with E-state index in [4.69, 9.17) is 5.11 Å². The Hall–Kier alpha value is -2.05. The number of carboxylic acid groups (broad SMARTS) is 1. The molecule has 2 atom stereocenters. The number of aliphatic carboxylic acids is 1. The molecule has 18 heavy (non-hydrogen) atoms. The average Bonchev–Trinajstić information content (AvgIpc) is 2.80. The second kappa shape index (κ2) is 6.63. The minimum absolute atomic E-state index is 0.372. The molecule has 1 aromatic rings. The second-order valence-electron chi connectivity index (χ2n) is 4.08. The predicted molar refractivity (Wildman–Crippen MR) is 65.0 cm³/mol. The predicted octanol–water partition coefficient (Wildman–Crippen LogP) is 0.291. The molecular weight excluding hydrogens is 236 g/mol. The fourth-order valence-electron chi connectivity index (χ4n) is 1.31. The molecule has 0 saturated carbocycles. The maximum absolute atomic E-state index is 11.5. The van der Waals surface area contributed by atoms with Crippen molar-refractivity contribution >= 4 is 12.0 Å². The average molecular weight is 254 g/mol. The summed E-state index contributed by atoms with van der Waals surface area (Å²) in [6.45, 7) is 4.22. The van der Waals surface area contributed by atoms with Gasteiger partial charge in [-0.3, -0.25) is 9.48 Å². The van der Waals surface area contributed by atoms with Crippen LogP contribution in [-0.2, 0) is 11.3 Å². The quantitative estimate of drug-likeness (QED) is 0.680. The summed E-state index contributed by atoms with van der Waals surface area (Å²) in [5.74, 6) is -1.55. The molecule has 3 N–H and O–H groups in total. The third kappa shape index (κ3) is 4.44. The van der Waals surface area contributed by atoms with Crippen LogP contribution in [-0.4, -0.2) is 39.5 Å². The van der Waals surface area contributed by atoms with Crippen molar-refractivity contribution in [2.24, 2.45) is 5.92 Å². The number of amides is 2. The Labute approximate surface area is 105 Å². The maximum Gasteiger partial charge on any atom is 0.315 e. The van der Waals surface area contributed by atoms with E-state index in [1.165, 1.54) is 0 Å². The van der Waals surface area contributed by atoms with E-state index in [1.54, 1.807) is 37.0 Å². The fraction of sp³-hybridized carbons (Fsp3) is 0.545. The van der Waals surface area contributed by atoms with E-state index < -0.39 is 17.9 Å². The molecule has 0 bridgehead atoms. The van der Waals surface area contributed by atoms with Crippen molar-refractivity contribution in [2.75, 3.05) is 6.54 Å². The Morgan fingerprint density at radius 1 is 1.44 bits per heavy atom. The molecule has 0 aromatic carbocycles. The first kappa shape index (κ1) is 14.0. The molecule has 0 saturated heterocycles. The van der Waals surface area contributed by atoms with Crippen molar-refractivity contribution < 1.29 is 14.7 Å². The number of nitrogens with one attached hydrogen (secondary N) is 2. The summed E-state index contributed by atoms with van der Waals surface area (Å²) in [7, 11) is 0. The van der Waals surface area contributed by atoms with Crippen molar-refractivity contribution in [3.63, 3.8) is 0 Å². The molecule has 2 amide bonds. The van der Waals surface area contributed by atoms with E-state index in [-0.39, 0.29) is 6.03 Å². The van der Waals surface area contributed by atoms with E-state index in [9.17, 15) is 9.59 Å². The maximum atomic E-state index is 11.5. The third-order valence-electron chi connectivity index (χ3n) is 2.68. The van der Waals surface area contributed by atoms with E-state index in [2.05, 4.69) is 15.7 Å². The number of aromatic nitrogens is 2. The molecule has 0 aliphatic rings. The van der Waals surface area contributed by atoms with Gasteiger partial charge in [0.1, 0.15) is 0 Å². The molecule has 0 fully saturated rings. The first-order valence-corrected chi connectivity index (χ1v) is 5.75. The molecule has 2 unspecified atom stereocenters. The van der Waals surface area contributed by atoms with Gasteiger partial charge in [0.25, 0.3) is 0 Å². The van der Waals surface area contributed by atoms with Crippen LogP contribution in [0.3, 0.4) is 0 Å². The SMILES string of the molecule is CC(NC(=O)NCCn1cccn1)C(C)C(=O)O. The summed E-state index contributed by atoms with van der Waals surface area (Å²) in [4.78, 5) is 22.2. The Morgan fingerprint density at radius 2 is 2.17 bits per heavy atom. The van der Waals surface area contributed by atoms with Crippen LogP contribution in [0, 0.1) is 5.92 Å². The van der Waals surface area contributed by atoms with Crippen LogP contribution in [0.1, 0.15) is 13.8 Å². The minimum Gasteiger partial charge on any atom is -0.481 e. The fourth-order valence-corrected chi connectivity index (χ4v) is 1.31. The number of urea groups is 1. The lowest BCUT2D eigenvalue weighted by atomic mass is 10.0. The molecule has 1 aromatic heterocycles. The van der Waals surface area contributed by atoms with Crippen molar-refractivity contribution in [3.8, 4) is 0 Å². The van der Waals surface area contributed by atoms with E-state index in [0.29, 0.717) is 13.1 Å². The molecule has 0 aliphatic heterocycles. The van der Waals surface area contributed by atoms with Gasteiger partial charge in [0.2, 0.25) is 0 Å². The number of rotatable bonds is 6. The number of hydrogen-bond donors (Lipinski definition) is 3. The highest BCUT2D eigenvalue weighted by Gasteiger charge is 2.20. The van der Waals surface area contributed by atoms with E-state index >= 15 is 0 Å². The molecule has 1 rings (SSSR count). The van der Waals surface area contributed by atoms with Gasteiger partial charge in [0.05, 0.1) is 12.5 Å². The molecule has 7 nitrogen and oxygen atoms in total. The zero-order chi connectivity index (χ0) is 13.5. The highest BCUT2D eigenvalue weighted by molar-refractivity contribution is 5.76. The Kier molecular flexibility index (Phi) is 5.16. The topological polar surface area (TPSA) is 96.3 Å². The normalized spacial score (nSPS) is 13.7. The number of carboxylic acids is 1. The van der Waals surface area contributed by atoms with Gasteiger partial charge in [0, 0.05) is 25.0 Å². The summed E-state index contributed by atoms with van der Waals surface area (Å²) in [5.41, 5.74) is 0. The molecule has 0 radical (unpaired) electrons. The van der Waals surface area contributed by atoms with Gasteiger partial charge in [-0.25, -0.2) is 4.79 Å². The van der Waals surface area contributed by atoms with Crippen molar-refractivity contribution in [1.82, 2.24) is 20.4 Å². The standard InChI is InChI=1S/C11H18N4O3/c1-8(10(16)17)9(2)14-11(18)12-5-7-15-6-3-4-13-15/h3-4,6,8-9H,5,7H2,1-2H3,(H,16,17)(H2,12,14,18). The van der Waals surface area contributed by atoms with Crippen LogP contribution in [0.25, 0.3) is 0 Å². The second-order valence-corrected chi connectivity index (χ2v) is 4.08. The number of carbonyl (C=O) groups excluding carboxylic acids is 1. The Bertz CT molecular complexity index is 391. The van der Waals surface area contributed by atoms with E-state index in [1.807, 2.05) is 0 Å². The molecular formula is C11H18N4O3. The van der Waals surface area contributed by atoms with Crippen LogP contribution in [0.4, 0.5) is 4.79 Å². The van der Waals surface area contributed by atoms with Crippen molar-refractivity contribution in [2.45, 2.75) is 26.4 Å². The van der Waals surface area contributed by atoms with Gasteiger partial charge in [-0.2, -0.15) is 5.10 Å². The third-order valence-corrected chi connectivity index (χ3v) is 2.68. The number of carbonyl (C=O) groups is 2. The Balaban J connectivity index is 2.23. The monoisotopic (exact) mass is 254 g/mol. The van der Waals surface area contributed by atoms with Crippen LogP contribution in [0.5, 0.6) is 0 Å². The van der Waals surface area contributed by atoms with Gasteiger partial charge in [-0.1, -0.05) is 0 Å². The lowest BCUT2D eigenvalue weighted by Crippen LogP contribution is -2.45. The minimum atomic E-state index is -0.931. The largest absolute Gasteiger partial charge is 0.481 e. The van der Waals surface area contributed by atoms with Crippen LogP contribution in [0.2, 0.25) is 0 Å². The molecule has 0 aliphatic carbocycles. The van der Waals surface area contributed by atoms with Crippen molar-refractivity contribution in [3.05, 3.63) is 18.5 Å². The number of nitrogens with zero attached hydrogens (tertiary/aromatic N) is 2. The summed E-state index contributed by atoms with van der Waals surface area (Å²) in [6, 6.07) is 1.01. The number of hydrogen-bond acceptors (Lipinski definition) is 3. The Morgan fingerprint density at radius 3 is 2.72 bits per heavy atom. The summed E-state index contributed by atoms with van der Waals surface area (Å²) < 4.78 is 1.70. The van der Waals surface area contributed by atoms with Crippen LogP contribution < -0.4 is 10.6 Å². The molecule has 0 spiro atoms. The summed E-state index contributed by atoms with van der Waals surface area (Å²) >= 11 is 0. The lowest BCUT2D eigenvalue weighted by Gasteiger charge is -2.18. The molecule has 100 valence electrons. The van der Waals surface area contributed by atoms with Crippen molar-refractivity contribution in [1.29, 1.82) is 0 Å². The van der Waals surface area contributed by atoms with Gasteiger partial charge in [-0.15, -0.1) is 0 Å². The zero-order valence-electron chi connectivity index (χ0n) is 10.5. The molecule has 7 heteroatoms. The molecule has 1 heterocycles. The van der Waals surface area contributed by atoms with Gasteiger partial charge < -0.3 is 15.7 Å². The van der Waals surface area contributed by atoms with Gasteiger partial charge in [0.15, 0.2) is 0 Å². The van der Waals surface area contributed by atoms with Crippen LogP contribution in [0.15, 0.2) is 18.5 Å². The highest BCUT2D eigenvalue weighted by atomic mass is 16.4.